The van der Waals surface area contributed by atoms with Gasteiger partial charge in [-0.15, -0.1) is 6.42 Å². The SMILES string of the molecule is C#CC(C)(C)OC(=O)C[NH+]1CC2CC(C1)c1cccc(=O)n1C2. The molecule has 3 heterocycles. The number of pyridine rings is 1. The molecule has 122 valence electrons. The molecule has 1 N–H and O–H groups in total. The van der Waals surface area contributed by atoms with Gasteiger partial charge < -0.3 is 14.2 Å². The first-order chi connectivity index (χ1) is 10.9. The predicted molar refractivity (Wildman–Crippen MR) is 86.1 cm³/mol. The number of aromatic nitrogens is 1. The molecule has 0 aliphatic carbocycles. The van der Waals surface area contributed by atoms with Crippen LogP contribution in [0.5, 0.6) is 0 Å². The molecule has 1 saturated heterocycles. The van der Waals surface area contributed by atoms with Gasteiger partial charge in [-0.2, -0.15) is 0 Å². The molecule has 0 aromatic carbocycles. The summed E-state index contributed by atoms with van der Waals surface area (Å²) in [4.78, 5) is 25.3. The van der Waals surface area contributed by atoms with Gasteiger partial charge in [0.05, 0.1) is 13.1 Å². The van der Waals surface area contributed by atoms with E-state index in [0.717, 1.165) is 31.7 Å². The number of ether oxygens (including phenoxy) is 1. The molecule has 3 rings (SSSR count). The maximum Gasteiger partial charge on any atom is 0.363 e. The Bertz CT molecular complexity index is 714. The van der Waals surface area contributed by atoms with E-state index in [4.69, 9.17) is 11.2 Å². The zero-order chi connectivity index (χ0) is 16.6. The van der Waals surface area contributed by atoms with Crippen molar-refractivity contribution in [1.29, 1.82) is 0 Å². The van der Waals surface area contributed by atoms with Crippen molar-refractivity contribution < 1.29 is 14.4 Å². The highest BCUT2D eigenvalue weighted by molar-refractivity contribution is 5.71. The van der Waals surface area contributed by atoms with Crippen molar-refractivity contribution in [2.45, 2.75) is 38.3 Å². The Balaban J connectivity index is 1.70. The zero-order valence-electron chi connectivity index (χ0n) is 13.7. The fourth-order valence-electron chi connectivity index (χ4n) is 3.82. The van der Waals surface area contributed by atoms with Crippen molar-refractivity contribution in [2.75, 3.05) is 19.6 Å². The van der Waals surface area contributed by atoms with Gasteiger partial charge in [0.1, 0.15) is 0 Å². The van der Waals surface area contributed by atoms with Crippen LogP contribution >= 0.6 is 0 Å². The molecule has 0 spiro atoms. The van der Waals surface area contributed by atoms with E-state index in [1.54, 1.807) is 19.9 Å². The van der Waals surface area contributed by atoms with Crippen LogP contribution in [0.4, 0.5) is 0 Å². The van der Waals surface area contributed by atoms with Crippen molar-refractivity contribution in [1.82, 2.24) is 4.57 Å². The number of nitrogens with one attached hydrogen (secondary N) is 1. The number of quaternary nitrogens is 1. The molecule has 0 amide bonds. The number of nitrogens with zero attached hydrogens (tertiary/aromatic N) is 1. The quantitative estimate of drug-likeness (QED) is 0.621. The number of carbonyl (C=O) groups is 1. The second-order valence-corrected chi connectivity index (χ2v) is 7.16. The van der Waals surface area contributed by atoms with Gasteiger partial charge in [-0.05, 0) is 26.3 Å². The van der Waals surface area contributed by atoms with Crippen molar-refractivity contribution in [3.8, 4) is 12.3 Å². The summed E-state index contributed by atoms with van der Waals surface area (Å²) in [5, 5.41) is 0. The molecule has 0 saturated carbocycles. The molecule has 1 aromatic heterocycles. The Morgan fingerprint density at radius 2 is 2.26 bits per heavy atom. The Morgan fingerprint density at radius 3 is 3.00 bits per heavy atom. The number of likely N-dealkylation sites (tertiary alicyclic amines) is 1. The van der Waals surface area contributed by atoms with Gasteiger partial charge in [-0.25, -0.2) is 4.79 Å². The largest absolute Gasteiger partial charge is 0.442 e. The lowest BCUT2D eigenvalue weighted by molar-refractivity contribution is -0.903. The molecular formula is C18H23N2O3+. The normalized spacial score (nSPS) is 26.0. The number of hydrogen-bond acceptors (Lipinski definition) is 3. The van der Waals surface area contributed by atoms with Crippen LogP contribution in [0.15, 0.2) is 23.0 Å². The summed E-state index contributed by atoms with van der Waals surface area (Å²) in [7, 11) is 0. The minimum atomic E-state index is -0.859. The van der Waals surface area contributed by atoms with Crippen LogP contribution in [-0.2, 0) is 16.1 Å². The molecule has 3 atom stereocenters. The highest BCUT2D eigenvalue weighted by Gasteiger charge is 2.38. The fourth-order valence-corrected chi connectivity index (χ4v) is 3.82. The van der Waals surface area contributed by atoms with E-state index < -0.39 is 5.60 Å². The van der Waals surface area contributed by atoms with Crippen LogP contribution in [0.25, 0.3) is 0 Å². The summed E-state index contributed by atoms with van der Waals surface area (Å²) in [6, 6.07) is 5.48. The lowest BCUT2D eigenvalue weighted by atomic mass is 9.83. The van der Waals surface area contributed by atoms with Crippen molar-refractivity contribution in [2.24, 2.45) is 5.92 Å². The van der Waals surface area contributed by atoms with Gasteiger partial charge in [-0.3, -0.25) is 4.79 Å². The third-order valence-corrected chi connectivity index (χ3v) is 4.78. The maximum absolute atomic E-state index is 12.1. The molecule has 1 fully saturated rings. The summed E-state index contributed by atoms with van der Waals surface area (Å²) < 4.78 is 7.25. The lowest BCUT2D eigenvalue weighted by Gasteiger charge is -2.40. The third-order valence-electron chi connectivity index (χ3n) is 4.78. The highest BCUT2D eigenvalue weighted by Crippen LogP contribution is 2.29. The van der Waals surface area contributed by atoms with Gasteiger partial charge in [0, 0.05) is 30.1 Å². The van der Waals surface area contributed by atoms with Crippen LogP contribution in [0.3, 0.4) is 0 Å². The molecule has 5 nitrogen and oxygen atoms in total. The number of esters is 1. The third kappa shape index (κ3) is 3.32. The topological polar surface area (TPSA) is 52.7 Å². The molecule has 2 bridgehead atoms. The molecule has 0 radical (unpaired) electrons. The molecule has 1 aromatic rings. The zero-order valence-corrected chi connectivity index (χ0v) is 13.7. The number of piperidine rings is 1. The second kappa shape index (κ2) is 5.86. The van der Waals surface area contributed by atoms with Crippen molar-refractivity contribution >= 4 is 5.97 Å². The van der Waals surface area contributed by atoms with Gasteiger partial charge in [-0.1, -0.05) is 12.0 Å². The first kappa shape index (κ1) is 15.8. The monoisotopic (exact) mass is 315 g/mol. The van der Waals surface area contributed by atoms with Gasteiger partial charge >= 0.3 is 5.97 Å². The summed E-state index contributed by atoms with van der Waals surface area (Å²) in [6.45, 7) is 6.26. The molecule has 23 heavy (non-hydrogen) atoms. The average Bonchev–Trinajstić information content (AvgIpc) is 2.47. The van der Waals surface area contributed by atoms with E-state index in [2.05, 4.69) is 5.92 Å². The Labute approximate surface area is 136 Å². The number of hydrogen-bond donors (Lipinski definition) is 1. The van der Waals surface area contributed by atoms with E-state index in [1.807, 2.05) is 16.7 Å². The first-order valence-electron chi connectivity index (χ1n) is 8.11. The fraction of sp³-hybridized carbons (Fsp3) is 0.556. The summed E-state index contributed by atoms with van der Waals surface area (Å²) >= 11 is 0. The van der Waals surface area contributed by atoms with Crippen LogP contribution < -0.4 is 10.5 Å². The summed E-state index contributed by atoms with van der Waals surface area (Å²) in [6.07, 6.45) is 6.46. The van der Waals surface area contributed by atoms with E-state index >= 15 is 0 Å². The van der Waals surface area contributed by atoms with Gasteiger partial charge in [0.25, 0.3) is 5.56 Å². The Morgan fingerprint density at radius 1 is 1.48 bits per heavy atom. The number of fused-ring (bicyclic) bond motifs is 4. The van der Waals surface area contributed by atoms with E-state index in [-0.39, 0.29) is 11.5 Å². The van der Waals surface area contributed by atoms with Crippen LogP contribution in [0.2, 0.25) is 0 Å². The van der Waals surface area contributed by atoms with Crippen LogP contribution in [-0.4, -0.2) is 35.8 Å². The van der Waals surface area contributed by atoms with Crippen LogP contribution in [0, 0.1) is 18.3 Å². The molecule has 3 unspecified atom stereocenters. The summed E-state index contributed by atoms with van der Waals surface area (Å²) in [5.74, 6) is 2.99. The Hall–Kier alpha value is -2.06. The Kier molecular flexibility index (Phi) is 4.03. The molecule has 5 heteroatoms. The minimum Gasteiger partial charge on any atom is -0.442 e. The molecule has 2 aliphatic rings. The minimum absolute atomic E-state index is 0.0795. The van der Waals surface area contributed by atoms with E-state index in [1.165, 1.54) is 4.90 Å². The van der Waals surface area contributed by atoms with Crippen molar-refractivity contribution in [3.05, 3.63) is 34.2 Å². The molecular weight excluding hydrogens is 292 g/mol. The predicted octanol–water partition coefficient (Wildman–Crippen LogP) is -0.195. The number of terminal acetylenes is 1. The van der Waals surface area contributed by atoms with E-state index in [9.17, 15) is 9.59 Å². The van der Waals surface area contributed by atoms with E-state index in [0.29, 0.717) is 18.4 Å². The molecule has 2 aliphatic heterocycles. The standard InChI is InChI=1S/C18H22N2O3/c1-4-18(2,3)23-17(22)12-19-9-13-8-14(11-19)15-6-5-7-16(21)20(15)10-13/h1,5-7,13-14H,8-12H2,2-3H3/p+1. The highest BCUT2D eigenvalue weighted by atomic mass is 16.6. The van der Waals surface area contributed by atoms with Gasteiger partial charge in [0.15, 0.2) is 12.1 Å². The number of carbonyl (C=O) groups excluding carboxylic acids is 1. The summed E-state index contributed by atoms with van der Waals surface area (Å²) in [5.41, 5.74) is 0.321. The maximum atomic E-state index is 12.1. The van der Waals surface area contributed by atoms with Crippen LogP contribution in [0.1, 0.15) is 31.9 Å². The first-order valence-corrected chi connectivity index (χ1v) is 8.11. The lowest BCUT2D eigenvalue weighted by Crippen LogP contribution is -3.15. The average molecular weight is 315 g/mol. The second-order valence-electron chi connectivity index (χ2n) is 7.16. The van der Waals surface area contributed by atoms with Crippen molar-refractivity contribution in [3.63, 3.8) is 0 Å². The van der Waals surface area contributed by atoms with Gasteiger partial charge in [0.2, 0.25) is 0 Å². The smallest absolute Gasteiger partial charge is 0.363 e. The number of rotatable bonds is 3.